The van der Waals surface area contributed by atoms with Crippen LogP contribution in [0.5, 0.6) is 0 Å². The topological polar surface area (TPSA) is 0 Å². The Balaban J connectivity index is 2.66. The van der Waals surface area contributed by atoms with Crippen molar-refractivity contribution in [2.24, 2.45) is 5.92 Å². The molecule has 0 heterocycles. The Labute approximate surface area is 82.0 Å². The zero-order valence-corrected chi connectivity index (χ0v) is 9.17. The van der Waals surface area contributed by atoms with Gasteiger partial charge in [-0.2, -0.15) is 0 Å². The van der Waals surface area contributed by atoms with E-state index in [-0.39, 0.29) is 0 Å². The van der Waals surface area contributed by atoms with Crippen LogP contribution in [0.25, 0.3) is 0 Å². The molecule has 0 bridgehead atoms. The molecule has 0 saturated carbocycles. The van der Waals surface area contributed by atoms with Gasteiger partial charge in [-0.3, -0.25) is 0 Å². The van der Waals surface area contributed by atoms with Crippen LogP contribution >= 0.6 is 0 Å². The van der Waals surface area contributed by atoms with Crippen LogP contribution in [0.4, 0.5) is 0 Å². The molecule has 0 aliphatic heterocycles. The first-order valence-corrected chi connectivity index (χ1v) is 5.16. The maximum absolute atomic E-state index is 2.31. The predicted molar refractivity (Wildman–Crippen MR) is 59.0 cm³/mol. The van der Waals surface area contributed by atoms with Gasteiger partial charge in [-0.25, -0.2) is 0 Å². The molecule has 1 rings (SSSR count). The van der Waals surface area contributed by atoms with Crippen LogP contribution < -0.4 is 0 Å². The first kappa shape index (κ1) is 10.3. The fraction of sp³-hybridized carbons (Fsp3) is 0.538. The summed E-state index contributed by atoms with van der Waals surface area (Å²) in [7, 11) is 0. The summed E-state index contributed by atoms with van der Waals surface area (Å²) in [6, 6.07) is 8.91. The van der Waals surface area contributed by atoms with Crippen molar-refractivity contribution in [2.75, 3.05) is 0 Å². The van der Waals surface area contributed by atoms with Gasteiger partial charge in [0.05, 0.1) is 0 Å². The van der Waals surface area contributed by atoms with Crippen LogP contribution in [0.2, 0.25) is 0 Å². The molecule has 0 fully saturated rings. The minimum absolute atomic E-state index is 0.695. The molecular weight excluding hydrogens is 156 g/mol. The highest BCUT2D eigenvalue weighted by Crippen LogP contribution is 2.22. The van der Waals surface area contributed by atoms with Gasteiger partial charge in [0.25, 0.3) is 0 Å². The van der Waals surface area contributed by atoms with Gasteiger partial charge in [0, 0.05) is 0 Å². The molecule has 1 aromatic carbocycles. The van der Waals surface area contributed by atoms with Gasteiger partial charge < -0.3 is 0 Å². The number of hydrogen-bond donors (Lipinski definition) is 0. The van der Waals surface area contributed by atoms with E-state index in [0.29, 0.717) is 5.92 Å². The number of rotatable bonds is 3. The molecule has 0 aliphatic rings. The zero-order chi connectivity index (χ0) is 9.84. The zero-order valence-electron chi connectivity index (χ0n) is 9.17. The fourth-order valence-electron chi connectivity index (χ4n) is 1.74. The molecule has 0 saturated heterocycles. The van der Waals surface area contributed by atoms with Gasteiger partial charge in [0.2, 0.25) is 0 Å². The van der Waals surface area contributed by atoms with E-state index in [2.05, 4.69) is 52.0 Å². The van der Waals surface area contributed by atoms with Crippen LogP contribution in [-0.2, 0) is 0 Å². The molecule has 72 valence electrons. The molecule has 1 aromatic rings. The first-order chi connectivity index (χ1) is 6.09. The van der Waals surface area contributed by atoms with Crippen molar-refractivity contribution < 1.29 is 0 Å². The molecule has 0 nitrogen and oxygen atoms in total. The highest BCUT2D eigenvalue weighted by molar-refractivity contribution is 5.23. The van der Waals surface area contributed by atoms with Gasteiger partial charge in [0.1, 0.15) is 0 Å². The third-order valence-electron chi connectivity index (χ3n) is 2.47. The van der Waals surface area contributed by atoms with Gasteiger partial charge in [-0.1, -0.05) is 50.6 Å². The Morgan fingerprint density at radius 2 is 1.54 bits per heavy atom. The third kappa shape index (κ3) is 3.22. The van der Waals surface area contributed by atoms with Gasteiger partial charge in [0.15, 0.2) is 0 Å². The summed E-state index contributed by atoms with van der Waals surface area (Å²) < 4.78 is 0. The van der Waals surface area contributed by atoms with Crippen molar-refractivity contribution in [2.45, 2.75) is 40.0 Å². The summed E-state index contributed by atoms with van der Waals surface area (Å²) in [5, 5.41) is 0. The molecule has 1 unspecified atom stereocenters. The molecule has 0 amide bonds. The average Bonchev–Trinajstić information content (AvgIpc) is 2.04. The lowest BCUT2D eigenvalue weighted by molar-refractivity contribution is 0.523. The highest BCUT2D eigenvalue weighted by Gasteiger charge is 2.06. The SMILES string of the molecule is Cc1ccc(C(C)CC(C)C)cc1. The average molecular weight is 176 g/mol. The molecular formula is C13H20. The van der Waals surface area contributed by atoms with Crippen molar-refractivity contribution in [1.82, 2.24) is 0 Å². The van der Waals surface area contributed by atoms with Crippen molar-refractivity contribution in [1.29, 1.82) is 0 Å². The second-order valence-electron chi connectivity index (χ2n) is 4.44. The minimum Gasteiger partial charge on any atom is -0.0628 e. The predicted octanol–water partition coefficient (Wildman–Crippen LogP) is 4.14. The fourth-order valence-corrected chi connectivity index (χ4v) is 1.74. The Hall–Kier alpha value is -0.780. The summed E-state index contributed by atoms with van der Waals surface area (Å²) in [6.45, 7) is 9.01. The van der Waals surface area contributed by atoms with E-state index in [9.17, 15) is 0 Å². The lowest BCUT2D eigenvalue weighted by Gasteiger charge is -2.14. The van der Waals surface area contributed by atoms with Crippen molar-refractivity contribution >= 4 is 0 Å². The van der Waals surface area contributed by atoms with Crippen LogP contribution in [0.3, 0.4) is 0 Å². The second-order valence-corrected chi connectivity index (χ2v) is 4.44. The molecule has 13 heavy (non-hydrogen) atoms. The van der Waals surface area contributed by atoms with E-state index in [4.69, 9.17) is 0 Å². The number of hydrogen-bond acceptors (Lipinski definition) is 0. The maximum Gasteiger partial charge on any atom is -0.0188 e. The molecule has 0 N–H and O–H groups in total. The van der Waals surface area contributed by atoms with Crippen LogP contribution in [-0.4, -0.2) is 0 Å². The van der Waals surface area contributed by atoms with Crippen molar-refractivity contribution in [3.8, 4) is 0 Å². The van der Waals surface area contributed by atoms with Crippen LogP contribution in [0.1, 0.15) is 44.2 Å². The second kappa shape index (κ2) is 4.45. The third-order valence-corrected chi connectivity index (χ3v) is 2.47. The molecule has 0 heteroatoms. The van der Waals surface area contributed by atoms with E-state index in [1.165, 1.54) is 17.5 Å². The summed E-state index contributed by atoms with van der Waals surface area (Å²) in [6.07, 6.45) is 1.28. The van der Waals surface area contributed by atoms with Gasteiger partial charge in [-0.15, -0.1) is 0 Å². The molecule has 0 aliphatic carbocycles. The largest absolute Gasteiger partial charge is 0.0628 e. The lowest BCUT2D eigenvalue weighted by atomic mass is 9.92. The summed E-state index contributed by atoms with van der Waals surface area (Å²) in [5.41, 5.74) is 2.82. The lowest BCUT2D eigenvalue weighted by Crippen LogP contribution is -1.98. The molecule has 0 spiro atoms. The van der Waals surface area contributed by atoms with Crippen LogP contribution in [0.15, 0.2) is 24.3 Å². The van der Waals surface area contributed by atoms with Crippen molar-refractivity contribution in [3.63, 3.8) is 0 Å². The van der Waals surface area contributed by atoms with E-state index < -0.39 is 0 Å². The first-order valence-electron chi connectivity index (χ1n) is 5.16. The summed E-state index contributed by atoms with van der Waals surface area (Å²) >= 11 is 0. The Kier molecular flexibility index (Phi) is 3.53. The van der Waals surface area contributed by atoms with Gasteiger partial charge >= 0.3 is 0 Å². The van der Waals surface area contributed by atoms with Gasteiger partial charge in [-0.05, 0) is 30.7 Å². The smallest absolute Gasteiger partial charge is 0.0188 e. The minimum atomic E-state index is 0.695. The van der Waals surface area contributed by atoms with E-state index in [0.717, 1.165) is 5.92 Å². The van der Waals surface area contributed by atoms with E-state index in [1.807, 2.05) is 0 Å². The summed E-state index contributed by atoms with van der Waals surface area (Å²) in [5.74, 6) is 1.48. The number of aryl methyl sites for hydroxylation is 1. The Morgan fingerprint density at radius 3 is 2.00 bits per heavy atom. The molecule has 0 aromatic heterocycles. The quantitative estimate of drug-likeness (QED) is 0.649. The monoisotopic (exact) mass is 176 g/mol. The normalized spacial score (nSPS) is 13.3. The highest BCUT2D eigenvalue weighted by atomic mass is 14.1. The Morgan fingerprint density at radius 1 is 1.00 bits per heavy atom. The molecule has 1 atom stereocenters. The van der Waals surface area contributed by atoms with Crippen LogP contribution in [0, 0.1) is 12.8 Å². The Bertz CT molecular complexity index is 243. The number of benzene rings is 1. The van der Waals surface area contributed by atoms with E-state index in [1.54, 1.807) is 0 Å². The van der Waals surface area contributed by atoms with E-state index >= 15 is 0 Å². The maximum atomic E-state index is 2.31. The standard InChI is InChI=1S/C13H20/c1-10(2)9-12(4)13-7-5-11(3)6-8-13/h5-8,10,12H,9H2,1-4H3. The molecule has 0 radical (unpaired) electrons. The van der Waals surface area contributed by atoms with Crippen molar-refractivity contribution in [3.05, 3.63) is 35.4 Å². The summed E-state index contributed by atoms with van der Waals surface area (Å²) in [4.78, 5) is 0.